The molecular formula is C13H10Cl2N4O. The monoisotopic (exact) mass is 308 g/mol. The van der Waals surface area contributed by atoms with Crippen LogP contribution < -0.4 is 10.1 Å². The number of hydrogen-bond acceptors (Lipinski definition) is 4. The van der Waals surface area contributed by atoms with Crippen molar-refractivity contribution in [2.24, 2.45) is 0 Å². The molecule has 0 spiro atoms. The second kappa shape index (κ2) is 5.19. The number of hydrogen-bond donors (Lipinski definition) is 1. The summed E-state index contributed by atoms with van der Waals surface area (Å²) >= 11 is 12.1. The van der Waals surface area contributed by atoms with E-state index >= 15 is 0 Å². The van der Waals surface area contributed by atoms with Crippen molar-refractivity contribution >= 4 is 34.7 Å². The van der Waals surface area contributed by atoms with Crippen molar-refractivity contribution in [3.8, 4) is 11.6 Å². The molecule has 2 heterocycles. The number of benzene rings is 1. The molecule has 0 fully saturated rings. The summed E-state index contributed by atoms with van der Waals surface area (Å²) in [5, 5.41) is 3.73. The Balaban J connectivity index is 2.10. The van der Waals surface area contributed by atoms with Gasteiger partial charge in [0.15, 0.2) is 0 Å². The summed E-state index contributed by atoms with van der Waals surface area (Å²) in [5.41, 5.74) is 0.597. The van der Waals surface area contributed by atoms with Crippen LogP contribution in [0.2, 0.25) is 10.0 Å². The minimum Gasteiger partial charge on any atom is -0.434 e. The lowest BCUT2D eigenvalue weighted by Crippen LogP contribution is -1.99. The van der Waals surface area contributed by atoms with E-state index in [1.807, 2.05) is 16.8 Å². The molecule has 5 nitrogen and oxygen atoms in total. The molecule has 0 unspecified atom stereocenters. The van der Waals surface area contributed by atoms with Gasteiger partial charge in [0.25, 0.3) is 5.88 Å². The van der Waals surface area contributed by atoms with Crippen LogP contribution in [0.25, 0.3) is 5.65 Å². The Morgan fingerprint density at radius 3 is 2.95 bits per heavy atom. The number of ether oxygens (including phenoxy) is 1. The van der Waals surface area contributed by atoms with Gasteiger partial charge in [-0.15, -0.1) is 0 Å². The van der Waals surface area contributed by atoms with E-state index in [0.29, 0.717) is 33.1 Å². The Morgan fingerprint density at radius 2 is 2.15 bits per heavy atom. The minimum atomic E-state index is 0.343. The van der Waals surface area contributed by atoms with Crippen molar-refractivity contribution in [2.75, 3.05) is 12.4 Å². The van der Waals surface area contributed by atoms with Gasteiger partial charge in [0.1, 0.15) is 16.6 Å². The third-order valence-corrected chi connectivity index (χ3v) is 3.52. The molecule has 3 aromatic rings. The molecule has 102 valence electrons. The molecule has 0 radical (unpaired) electrons. The Bertz CT molecular complexity index is 772. The maximum atomic E-state index is 6.11. The summed E-state index contributed by atoms with van der Waals surface area (Å²) < 4.78 is 7.57. The SMILES string of the molecule is CNc1cn2ccnc2c(Oc2cccc(Cl)c2Cl)n1. The number of rotatable bonds is 3. The van der Waals surface area contributed by atoms with Gasteiger partial charge in [-0.2, -0.15) is 4.98 Å². The molecule has 3 rings (SSSR count). The lowest BCUT2D eigenvalue weighted by atomic mass is 10.3. The zero-order valence-electron chi connectivity index (χ0n) is 10.5. The van der Waals surface area contributed by atoms with Crippen LogP contribution in [0.1, 0.15) is 0 Å². The third-order valence-electron chi connectivity index (χ3n) is 2.72. The number of nitrogens with zero attached hydrogens (tertiary/aromatic N) is 3. The van der Waals surface area contributed by atoms with E-state index in [2.05, 4.69) is 15.3 Å². The van der Waals surface area contributed by atoms with Crippen LogP contribution in [0.4, 0.5) is 5.82 Å². The molecule has 0 amide bonds. The molecule has 7 heteroatoms. The highest BCUT2D eigenvalue weighted by Gasteiger charge is 2.12. The van der Waals surface area contributed by atoms with E-state index in [9.17, 15) is 0 Å². The first-order chi connectivity index (χ1) is 9.69. The average Bonchev–Trinajstić information content (AvgIpc) is 2.92. The van der Waals surface area contributed by atoms with Crippen LogP contribution in [0.3, 0.4) is 0 Å². The molecule has 20 heavy (non-hydrogen) atoms. The smallest absolute Gasteiger partial charge is 0.265 e. The summed E-state index contributed by atoms with van der Waals surface area (Å²) in [6, 6.07) is 5.18. The van der Waals surface area contributed by atoms with E-state index in [1.165, 1.54) is 0 Å². The molecule has 0 aliphatic carbocycles. The maximum Gasteiger partial charge on any atom is 0.265 e. The van der Waals surface area contributed by atoms with Crippen molar-refractivity contribution in [3.05, 3.63) is 46.8 Å². The van der Waals surface area contributed by atoms with Gasteiger partial charge in [0.2, 0.25) is 5.65 Å². The van der Waals surface area contributed by atoms with Gasteiger partial charge in [0, 0.05) is 19.4 Å². The van der Waals surface area contributed by atoms with Crippen molar-refractivity contribution in [3.63, 3.8) is 0 Å². The molecule has 2 aromatic heterocycles. The highest BCUT2D eigenvalue weighted by atomic mass is 35.5. The van der Waals surface area contributed by atoms with Crippen LogP contribution in [0.15, 0.2) is 36.8 Å². The highest BCUT2D eigenvalue weighted by molar-refractivity contribution is 6.42. The zero-order chi connectivity index (χ0) is 14.1. The summed E-state index contributed by atoms with van der Waals surface area (Å²) in [7, 11) is 1.78. The predicted octanol–water partition coefficient (Wildman–Crippen LogP) is 3.87. The van der Waals surface area contributed by atoms with Crippen LogP contribution in [0.5, 0.6) is 11.6 Å². The van der Waals surface area contributed by atoms with Crippen LogP contribution >= 0.6 is 23.2 Å². The predicted molar refractivity (Wildman–Crippen MR) is 79.1 cm³/mol. The second-order valence-corrected chi connectivity index (χ2v) is 4.78. The van der Waals surface area contributed by atoms with Crippen LogP contribution in [0, 0.1) is 0 Å². The van der Waals surface area contributed by atoms with E-state index in [0.717, 1.165) is 0 Å². The van der Waals surface area contributed by atoms with Gasteiger partial charge in [-0.1, -0.05) is 29.3 Å². The Labute approximate surface area is 125 Å². The van der Waals surface area contributed by atoms with Crippen molar-refractivity contribution < 1.29 is 4.74 Å². The number of imidazole rings is 1. The van der Waals surface area contributed by atoms with Crippen molar-refractivity contribution in [2.45, 2.75) is 0 Å². The normalized spacial score (nSPS) is 10.8. The molecule has 0 aliphatic heterocycles. The fourth-order valence-corrected chi connectivity index (χ4v) is 2.09. The lowest BCUT2D eigenvalue weighted by molar-refractivity contribution is 0.466. The van der Waals surface area contributed by atoms with E-state index in [-0.39, 0.29) is 0 Å². The highest BCUT2D eigenvalue weighted by Crippen LogP contribution is 2.35. The first-order valence-electron chi connectivity index (χ1n) is 5.82. The lowest BCUT2D eigenvalue weighted by Gasteiger charge is -2.10. The Morgan fingerprint density at radius 1 is 1.30 bits per heavy atom. The van der Waals surface area contributed by atoms with Gasteiger partial charge < -0.3 is 10.1 Å². The minimum absolute atomic E-state index is 0.343. The first-order valence-corrected chi connectivity index (χ1v) is 6.58. The molecule has 0 atom stereocenters. The van der Waals surface area contributed by atoms with Gasteiger partial charge >= 0.3 is 0 Å². The quantitative estimate of drug-likeness (QED) is 0.798. The molecule has 0 aliphatic rings. The van der Waals surface area contributed by atoms with Crippen molar-refractivity contribution in [1.82, 2.24) is 14.4 Å². The fraction of sp³-hybridized carbons (Fsp3) is 0.0769. The molecule has 0 saturated heterocycles. The topological polar surface area (TPSA) is 51.5 Å². The molecule has 1 N–H and O–H groups in total. The molecule has 0 saturated carbocycles. The summed E-state index contributed by atoms with van der Waals surface area (Å²) in [4.78, 5) is 8.55. The average molecular weight is 309 g/mol. The standard InChI is InChI=1S/C13H10Cl2N4O/c1-16-10-7-19-6-5-17-12(19)13(18-10)20-9-4-2-3-8(14)11(9)15/h2-7,16H,1H3. The molecular weight excluding hydrogens is 299 g/mol. The van der Waals surface area contributed by atoms with Crippen molar-refractivity contribution in [1.29, 1.82) is 0 Å². The third kappa shape index (κ3) is 2.26. The van der Waals surface area contributed by atoms with Gasteiger partial charge in [-0.25, -0.2) is 4.98 Å². The number of aromatic nitrogens is 3. The Hall–Kier alpha value is -1.98. The van der Waals surface area contributed by atoms with Gasteiger partial charge in [-0.05, 0) is 12.1 Å². The molecule has 1 aromatic carbocycles. The van der Waals surface area contributed by atoms with Crippen LogP contribution in [-0.4, -0.2) is 21.4 Å². The number of fused-ring (bicyclic) bond motifs is 1. The first kappa shape index (κ1) is 13.0. The van der Waals surface area contributed by atoms with Gasteiger partial charge in [-0.3, -0.25) is 4.40 Å². The fourth-order valence-electron chi connectivity index (χ4n) is 1.76. The Kier molecular flexibility index (Phi) is 3.38. The summed E-state index contributed by atoms with van der Waals surface area (Å²) in [5.74, 6) is 1.44. The zero-order valence-corrected chi connectivity index (χ0v) is 12.0. The largest absolute Gasteiger partial charge is 0.434 e. The van der Waals surface area contributed by atoms with Crippen LogP contribution in [-0.2, 0) is 0 Å². The van der Waals surface area contributed by atoms with E-state index < -0.39 is 0 Å². The summed E-state index contributed by atoms with van der Waals surface area (Å²) in [6.07, 6.45) is 5.29. The molecule has 0 bridgehead atoms. The second-order valence-electron chi connectivity index (χ2n) is 3.99. The summed E-state index contributed by atoms with van der Waals surface area (Å²) in [6.45, 7) is 0. The van der Waals surface area contributed by atoms with E-state index in [1.54, 1.807) is 31.4 Å². The van der Waals surface area contributed by atoms with Gasteiger partial charge in [0.05, 0.1) is 11.2 Å². The number of anilines is 1. The number of nitrogens with one attached hydrogen (secondary N) is 1. The maximum absolute atomic E-state index is 6.11. The number of halogens is 2. The van der Waals surface area contributed by atoms with E-state index in [4.69, 9.17) is 27.9 Å².